The maximum atomic E-state index is 6.84. The number of ether oxygens (including phenoxy) is 1. The van der Waals surface area contributed by atoms with E-state index in [0.717, 1.165) is 34.0 Å². The lowest BCUT2D eigenvalue weighted by Gasteiger charge is -2.24. The molecule has 0 radical (unpaired) electrons. The Kier molecular flexibility index (Phi) is 4.52. The Morgan fingerprint density at radius 2 is 1.83 bits per heavy atom. The summed E-state index contributed by atoms with van der Waals surface area (Å²) in [5, 5.41) is 13.0. The van der Waals surface area contributed by atoms with Crippen molar-refractivity contribution >= 4 is 23.2 Å². The number of methoxy groups -OCH3 is 1. The molecule has 1 atom stereocenters. The lowest BCUT2D eigenvalue weighted by Crippen LogP contribution is -2.20. The van der Waals surface area contributed by atoms with Gasteiger partial charge in [0, 0.05) is 11.3 Å². The fourth-order valence-electron chi connectivity index (χ4n) is 3.67. The van der Waals surface area contributed by atoms with Gasteiger partial charge < -0.3 is 10.1 Å². The summed E-state index contributed by atoms with van der Waals surface area (Å²) in [5.41, 5.74) is 4.57. The molecule has 2 aromatic heterocycles. The molecule has 0 saturated heterocycles. The fourth-order valence-corrected chi connectivity index (χ4v) is 4.05. The van der Waals surface area contributed by atoms with Gasteiger partial charge in [0.25, 0.3) is 0 Å². The van der Waals surface area contributed by atoms with E-state index < -0.39 is 0 Å². The average Bonchev–Trinajstić information content (AvgIpc) is 3.38. The fraction of sp³-hybridized carbons (Fsp3) is 0.136. The van der Waals surface area contributed by atoms with Crippen LogP contribution in [0.5, 0.6) is 5.75 Å². The Hall–Kier alpha value is -3.58. The van der Waals surface area contributed by atoms with Gasteiger partial charge in [0.2, 0.25) is 5.95 Å². The molecule has 0 fully saturated rings. The molecule has 1 aliphatic rings. The van der Waals surface area contributed by atoms with E-state index in [1.165, 1.54) is 6.33 Å². The van der Waals surface area contributed by atoms with Gasteiger partial charge in [-0.3, -0.25) is 0 Å². The van der Waals surface area contributed by atoms with E-state index in [1.54, 1.807) is 11.8 Å². The maximum Gasteiger partial charge on any atom is 0.226 e. The largest absolute Gasteiger partial charge is 0.497 e. The van der Waals surface area contributed by atoms with Crippen LogP contribution >= 0.6 is 11.6 Å². The third-order valence-corrected chi connectivity index (χ3v) is 5.52. The lowest BCUT2D eigenvalue weighted by molar-refractivity contribution is 0.415. The SMILES string of the molecule is COc1ccc(C2=C[C@@H](c3c(C)nn(-c4ccccc4)c3Cl)n3ncnc3N2)cc1. The third-order valence-electron chi connectivity index (χ3n) is 5.15. The first-order chi connectivity index (χ1) is 14.7. The van der Waals surface area contributed by atoms with Crippen LogP contribution in [-0.2, 0) is 0 Å². The number of benzene rings is 2. The van der Waals surface area contributed by atoms with Gasteiger partial charge in [0.1, 0.15) is 23.3 Å². The highest BCUT2D eigenvalue weighted by Crippen LogP contribution is 2.37. The molecule has 0 unspecified atom stereocenters. The summed E-state index contributed by atoms with van der Waals surface area (Å²) in [4.78, 5) is 4.37. The van der Waals surface area contributed by atoms with Crippen molar-refractivity contribution < 1.29 is 4.74 Å². The van der Waals surface area contributed by atoms with Crippen molar-refractivity contribution in [1.82, 2.24) is 24.5 Å². The molecule has 5 rings (SSSR count). The van der Waals surface area contributed by atoms with Crippen LogP contribution in [0.2, 0.25) is 5.15 Å². The van der Waals surface area contributed by atoms with E-state index in [9.17, 15) is 0 Å². The molecule has 0 bridgehead atoms. The number of hydrogen-bond donors (Lipinski definition) is 1. The Balaban J connectivity index is 1.62. The summed E-state index contributed by atoms with van der Waals surface area (Å²) >= 11 is 6.84. The maximum absolute atomic E-state index is 6.84. The first-order valence-corrected chi connectivity index (χ1v) is 9.86. The Bertz CT molecular complexity index is 1230. The lowest BCUT2D eigenvalue weighted by atomic mass is 10.0. The topological polar surface area (TPSA) is 69.8 Å². The van der Waals surface area contributed by atoms with Gasteiger partial charge in [0.05, 0.1) is 18.5 Å². The molecule has 2 aromatic carbocycles. The standard InChI is InChI=1S/C22H19ClN6O/c1-14-20(21(23)28(27-14)16-6-4-3-5-7-16)19-12-18(26-22-24-13-25-29(19)22)15-8-10-17(30-2)11-9-15/h3-13,19H,1-2H3,(H,24,25,26)/t19-/m0/s1. The number of nitrogens with zero attached hydrogens (tertiary/aromatic N) is 5. The summed E-state index contributed by atoms with van der Waals surface area (Å²) in [6, 6.07) is 17.5. The normalized spacial score (nSPS) is 15.3. The monoisotopic (exact) mass is 418 g/mol. The smallest absolute Gasteiger partial charge is 0.226 e. The Morgan fingerprint density at radius 3 is 2.57 bits per heavy atom. The number of rotatable bonds is 4. The van der Waals surface area contributed by atoms with E-state index in [2.05, 4.69) is 21.5 Å². The second-order valence-corrected chi connectivity index (χ2v) is 7.30. The molecule has 0 saturated carbocycles. The number of allylic oxidation sites excluding steroid dienone is 1. The first-order valence-electron chi connectivity index (χ1n) is 9.49. The molecule has 1 N–H and O–H groups in total. The molecule has 4 aromatic rings. The highest BCUT2D eigenvalue weighted by molar-refractivity contribution is 6.30. The van der Waals surface area contributed by atoms with Gasteiger partial charge in [-0.25, -0.2) is 9.36 Å². The quantitative estimate of drug-likeness (QED) is 0.528. The minimum Gasteiger partial charge on any atom is -0.497 e. The Morgan fingerprint density at radius 1 is 1.07 bits per heavy atom. The van der Waals surface area contributed by atoms with Crippen LogP contribution < -0.4 is 10.1 Å². The molecule has 150 valence electrons. The predicted molar refractivity (Wildman–Crippen MR) is 116 cm³/mol. The van der Waals surface area contributed by atoms with Crippen molar-refractivity contribution in [3.05, 3.63) is 89.0 Å². The van der Waals surface area contributed by atoms with E-state index >= 15 is 0 Å². The van der Waals surface area contributed by atoms with Crippen molar-refractivity contribution in [2.75, 3.05) is 12.4 Å². The predicted octanol–water partition coefficient (Wildman–Crippen LogP) is 4.49. The second kappa shape index (κ2) is 7.35. The van der Waals surface area contributed by atoms with E-state index in [0.29, 0.717) is 11.1 Å². The van der Waals surface area contributed by atoms with Crippen molar-refractivity contribution in [3.8, 4) is 11.4 Å². The van der Waals surface area contributed by atoms with Crippen LogP contribution in [0.15, 0.2) is 67.0 Å². The molecule has 8 heteroatoms. The van der Waals surface area contributed by atoms with Gasteiger partial charge in [0.15, 0.2) is 0 Å². The van der Waals surface area contributed by atoms with Crippen LogP contribution in [0.1, 0.15) is 22.9 Å². The number of hydrogen-bond acceptors (Lipinski definition) is 5. The summed E-state index contributed by atoms with van der Waals surface area (Å²) in [7, 11) is 1.65. The average molecular weight is 419 g/mol. The highest BCUT2D eigenvalue weighted by atomic mass is 35.5. The minimum atomic E-state index is -0.245. The van der Waals surface area contributed by atoms with Crippen LogP contribution in [0.25, 0.3) is 11.4 Å². The molecular weight excluding hydrogens is 400 g/mol. The van der Waals surface area contributed by atoms with Crippen molar-refractivity contribution in [1.29, 1.82) is 0 Å². The number of para-hydroxylation sites is 1. The molecule has 3 heterocycles. The summed E-state index contributed by atoms with van der Waals surface area (Å²) in [6.45, 7) is 1.96. The van der Waals surface area contributed by atoms with E-state index in [-0.39, 0.29) is 6.04 Å². The van der Waals surface area contributed by atoms with Crippen molar-refractivity contribution in [2.24, 2.45) is 0 Å². The van der Waals surface area contributed by atoms with Gasteiger partial charge in [-0.05, 0) is 55.0 Å². The van der Waals surface area contributed by atoms with Crippen LogP contribution in [0.3, 0.4) is 0 Å². The number of nitrogens with one attached hydrogen (secondary N) is 1. The molecule has 7 nitrogen and oxygen atoms in total. The zero-order chi connectivity index (χ0) is 20.7. The Labute approximate surface area is 178 Å². The number of aromatic nitrogens is 5. The molecule has 0 aliphatic carbocycles. The summed E-state index contributed by atoms with van der Waals surface area (Å²) < 4.78 is 8.85. The number of halogens is 1. The van der Waals surface area contributed by atoms with Crippen LogP contribution in [0, 0.1) is 6.92 Å². The number of fused-ring (bicyclic) bond motifs is 1. The van der Waals surface area contributed by atoms with Gasteiger partial charge >= 0.3 is 0 Å². The molecule has 30 heavy (non-hydrogen) atoms. The van der Waals surface area contributed by atoms with Gasteiger partial charge in [-0.2, -0.15) is 15.2 Å². The number of anilines is 1. The van der Waals surface area contributed by atoms with Crippen molar-refractivity contribution in [2.45, 2.75) is 13.0 Å². The van der Waals surface area contributed by atoms with Crippen LogP contribution in [-0.4, -0.2) is 31.7 Å². The second-order valence-electron chi connectivity index (χ2n) is 6.94. The molecule has 1 aliphatic heterocycles. The minimum absolute atomic E-state index is 0.245. The van der Waals surface area contributed by atoms with Gasteiger partial charge in [-0.1, -0.05) is 29.8 Å². The zero-order valence-electron chi connectivity index (χ0n) is 16.5. The number of aryl methyl sites for hydroxylation is 1. The third kappa shape index (κ3) is 3.04. The first kappa shape index (κ1) is 18.4. The summed E-state index contributed by atoms with van der Waals surface area (Å²) in [5.74, 6) is 1.45. The van der Waals surface area contributed by atoms with Crippen molar-refractivity contribution in [3.63, 3.8) is 0 Å². The van der Waals surface area contributed by atoms with Crippen LogP contribution in [0.4, 0.5) is 5.95 Å². The van der Waals surface area contributed by atoms with Gasteiger partial charge in [-0.15, -0.1) is 0 Å². The highest BCUT2D eigenvalue weighted by Gasteiger charge is 2.29. The molecule has 0 amide bonds. The van der Waals surface area contributed by atoms with E-state index in [1.807, 2.05) is 66.2 Å². The van der Waals surface area contributed by atoms with E-state index in [4.69, 9.17) is 21.4 Å². The molecular formula is C22H19ClN6O. The summed E-state index contributed by atoms with van der Waals surface area (Å²) in [6.07, 6.45) is 3.62. The molecule has 0 spiro atoms. The zero-order valence-corrected chi connectivity index (χ0v) is 17.2.